The molecular weight excluding hydrogens is 256 g/mol. The quantitative estimate of drug-likeness (QED) is 0.884. The lowest BCUT2D eigenvalue weighted by Crippen LogP contribution is -2.59. The van der Waals surface area contributed by atoms with E-state index < -0.39 is 0 Å². The summed E-state index contributed by atoms with van der Waals surface area (Å²) in [5.74, 6) is 1.62. The number of aryl methyl sites for hydroxylation is 1. The van der Waals surface area contributed by atoms with Gasteiger partial charge in [-0.25, -0.2) is 0 Å². The van der Waals surface area contributed by atoms with Gasteiger partial charge in [-0.3, -0.25) is 0 Å². The highest BCUT2D eigenvalue weighted by molar-refractivity contribution is 5.55. The predicted molar refractivity (Wildman–Crippen MR) is 90.9 cm³/mol. The van der Waals surface area contributed by atoms with E-state index in [-0.39, 0.29) is 0 Å². The molecule has 116 valence electrons. The highest BCUT2D eigenvalue weighted by atomic mass is 15.2. The zero-order chi connectivity index (χ0) is 14.8. The SMILES string of the molecule is CCCc1ccccc1N1CC(C2CC2)NCC1C(C)C. The molecule has 1 N–H and O–H groups in total. The molecule has 1 aromatic carbocycles. The van der Waals surface area contributed by atoms with Crippen molar-refractivity contribution in [1.82, 2.24) is 5.32 Å². The number of para-hydroxylation sites is 1. The van der Waals surface area contributed by atoms with Crippen LogP contribution in [0.15, 0.2) is 24.3 Å². The van der Waals surface area contributed by atoms with Gasteiger partial charge in [0.15, 0.2) is 0 Å². The Morgan fingerprint density at radius 1 is 1.24 bits per heavy atom. The molecule has 2 heteroatoms. The summed E-state index contributed by atoms with van der Waals surface area (Å²) in [5.41, 5.74) is 3.02. The lowest BCUT2D eigenvalue weighted by molar-refractivity contribution is 0.320. The molecule has 1 aliphatic carbocycles. The van der Waals surface area contributed by atoms with Crippen molar-refractivity contribution >= 4 is 5.69 Å². The Kier molecular flexibility index (Phi) is 4.54. The number of piperazine rings is 1. The molecule has 0 spiro atoms. The van der Waals surface area contributed by atoms with Crippen LogP contribution in [-0.2, 0) is 6.42 Å². The Labute approximate surface area is 129 Å². The molecule has 3 rings (SSSR count). The van der Waals surface area contributed by atoms with Gasteiger partial charge in [0.05, 0.1) is 0 Å². The minimum absolute atomic E-state index is 0.623. The third kappa shape index (κ3) is 3.26. The van der Waals surface area contributed by atoms with Crippen LogP contribution in [0, 0.1) is 11.8 Å². The first-order chi connectivity index (χ1) is 10.2. The maximum atomic E-state index is 3.82. The molecule has 1 saturated carbocycles. The van der Waals surface area contributed by atoms with Crippen molar-refractivity contribution in [2.75, 3.05) is 18.0 Å². The van der Waals surface area contributed by atoms with E-state index in [1.807, 2.05) is 0 Å². The van der Waals surface area contributed by atoms with Crippen LogP contribution in [0.3, 0.4) is 0 Å². The van der Waals surface area contributed by atoms with Crippen molar-refractivity contribution in [1.29, 1.82) is 0 Å². The van der Waals surface area contributed by atoms with Gasteiger partial charge < -0.3 is 10.2 Å². The van der Waals surface area contributed by atoms with Gasteiger partial charge in [-0.2, -0.15) is 0 Å². The second-order valence-electron chi connectivity index (χ2n) is 7.19. The topological polar surface area (TPSA) is 15.3 Å². The lowest BCUT2D eigenvalue weighted by Gasteiger charge is -2.45. The zero-order valence-electron chi connectivity index (χ0n) is 13.8. The van der Waals surface area contributed by atoms with Crippen molar-refractivity contribution in [2.24, 2.45) is 11.8 Å². The van der Waals surface area contributed by atoms with E-state index in [4.69, 9.17) is 0 Å². The molecule has 2 fully saturated rings. The Morgan fingerprint density at radius 3 is 2.67 bits per heavy atom. The third-order valence-corrected chi connectivity index (χ3v) is 5.16. The molecule has 21 heavy (non-hydrogen) atoms. The fraction of sp³-hybridized carbons (Fsp3) is 0.684. The third-order valence-electron chi connectivity index (χ3n) is 5.16. The molecule has 1 saturated heterocycles. The molecule has 2 unspecified atom stereocenters. The smallest absolute Gasteiger partial charge is 0.0438 e. The van der Waals surface area contributed by atoms with E-state index in [1.165, 1.54) is 43.5 Å². The second-order valence-corrected chi connectivity index (χ2v) is 7.19. The fourth-order valence-corrected chi connectivity index (χ4v) is 3.75. The number of hydrogen-bond donors (Lipinski definition) is 1. The van der Waals surface area contributed by atoms with E-state index in [9.17, 15) is 0 Å². The predicted octanol–water partition coefficient (Wildman–Crippen LogP) is 3.85. The van der Waals surface area contributed by atoms with Gasteiger partial charge in [0.1, 0.15) is 0 Å². The first-order valence-corrected chi connectivity index (χ1v) is 8.78. The molecule has 2 aliphatic rings. The Bertz CT molecular complexity index is 464. The van der Waals surface area contributed by atoms with Gasteiger partial charge in [-0.1, -0.05) is 45.4 Å². The second kappa shape index (κ2) is 6.39. The molecule has 0 radical (unpaired) electrons. The normalized spacial score (nSPS) is 26.4. The van der Waals surface area contributed by atoms with Crippen molar-refractivity contribution in [3.8, 4) is 0 Å². The van der Waals surface area contributed by atoms with Gasteiger partial charge >= 0.3 is 0 Å². The van der Waals surface area contributed by atoms with Gasteiger partial charge in [0.2, 0.25) is 0 Å². The molecule has 0 bridgehead atoms. The summed E-state index contributed by atoms with van der Waals surface area (Å²) in [6, 6.07) is 10.4. The first kappa shape index (κ1) is 14.9. The fourth-order valence-electron chi connectivity index (χ4n) is 3.75. The van der Waals surface area contributed by atoms with Crippen LogP contribution >= 0.6 is 0 Å². The van der Waals surface area contributed by atoms with E-state index >= 15 is 0 Å². The van der Waals surface area contributed by atoms with Crippen LogP contribution in [0.25, 0.3) is 0 Å². The maximum absolute atomic E-state index is 3.82. The molecular formula is C19H30N2. The standard InChI is InChI=1S/C19H30N2/c1-4-7-16-8-5-6-9-18(16)21-13-17(15-10-11-15)20-12-19(21)14(2)3/h5-6,8-9,14-15,17,19-20H,4,7,10-13H2,1-3H3. The first-order valence-electron chi connectivity index (χ1n) is 8.78. The zero-order valence-corrected chi connectivity index (χ0v) is 13.8. The maximum Gasteiger partial charge on any atom is 0.0438 e. The van der Waals surface area contributed by atoms with Crippen LogP contribution in [0.1, 0.15) is 45.6 Å². The molecule has 0 amide bonds. The van der Waals surface area contributed by atoms with E-state index in [2.05, 4.69) is 55.3 Å². The lowest BCUT2D eigenvalue weighted by atomic mass is 9.94. The van der Waals surface area contributed by atoms with E-state index in [0.29, 0.717) is 18.0 Å². The van der Waals surface area contributed by atoms with Crippen LogP contribution in [0.2, 0.25) is 0 Å². The molecule has 0 aromatic heterocycles. The number of anilines is 1. The van der Waals surface area contributed by atoms with Gasteiger partial charge in [-0.15, -0.1) is 0 Å². The molecule has 2 nitrogen and oxygen atoms in total. The average Bonchev–Trinajstić information content (AvgIpc) is 3.32. The number of benzene rings is 1. The van der Waals surface area contributed by atoms with E-state index in [1.54, 1.807) is 0 Å². The number of rotatable bonds is 5. The Balaban J connectivity index is 1.87. The minimum atomic E-state index is 0.623. The van der Waals surface area contributed by atoms with Gasteiger partial charge in [-0.05, 0) is 42.7 Å². The van der Waals surface area contributed by atoms with Crippen molar-refractivity contribution in [2.45, 2.75) is 58.5 Å². The summed E-state index contributed by atoms with van der Waals surface area (Å²) in [7, 11) is 0. The highest BCUT2D eigenvalue weighted by Crippen LogP contribution is 2.36. The van der Waals surface area contributed by atoms with Crippen molar-refractivity contribution in [3.05, 3.63) is 29.8 Å². The van der Waals surface area contributed by atoms with Crippen LogP contribution in [-0.4, -0.2) is 25.2 Å². The van der Waals surface area contributed by atoms with Crippen LogP contribution in [0.4, 0.5) is 5.69 Å². The number of hydrogen-bond acceptors (Lipinski definition) is 2. The van der Waals surface area contributed by atoms with Gasteiger partial charge in [0, 0.05) is 30.9 Å². The molecule has 1 heterocycles. The summed E-state index contributed by atoms with van der Waals surface area (Å²) in [5, 5.41) is 3.82. The van der Waals surface area contributed by atoms with Crippen molar-refractivity contribution in [3.63, 3.8) is 0 Å². The monoisotopic (exact) mass is 286 g/mol. The van der Waals surface area contributed by atoms with Crippen LogP contribution in [0.5, 0.6) is 0 Å². The van der Waals surface area contributed by atoms with Crippen LogP contribution < -0.4 is 10.2 Å². The summed E-state index contributed by atoms with van der Waals surface area (Å²) >= 11 is 0. The molecule has 1 aromatic rings. The molecule has 2 atom stereocenters. The van der Waals surface area contributed by atoms with Gasteiger partial charge in [0.25, 0.3) is 0 Å². The summed E-state index contributed by atoms with van der Waals surface area (Å²) in [4.78, 5) is 2.72. The largest absolute Gasteiger partial charge is 0.365 e. The summed E-state index contributed by atoms with van der Waals surface area (Å²) < 4.78 is 0. The summed E-state index contributed by atoms with van der Waals surface area (Å²) in [6.45, 7) is 9.33. The summed E-state index contributed by atoms with van der Waals surface area (Å²) in [6.07, 6.45) is 5.27. The average molecular weight is 286 g/mol. The number of nitrogens with zero attached hydrogens (tertiary/aromatic N) is 1. The highest BCUT2D eigenvalue weighted by Gasteiger charge is 2.38. The van der Waals surface area contributed by atoms with E-state index in [0.717, 1.165) is 12.5 Å². The number of nitrogens with one attached hydrogen (secondary N) is 1. The Morgan fingerprint density at radius 2 is 2.00 bits per heavy atom. The van der Waals surface area contributed by atoms with Crippen molar-refractivity contribution < 1.29 is 0 Å². The molecule has 1 aliphatic heterocycles. The Hall–Kier alpha value is -1.02. The minimum Gasteiger partial charge on any atom is -0.365 e.